The van der Waals surface area contributed by atoms with Crippen LogP contribution in [0, 0.1) is 5.92 Å². The number of amides is 2. The summed E-state index contributed by atoms with van der Waals surface area (Å²) < 4.78 is 10.7. The van der Waals surface area contributed by atoms with Crippen LogP contribution in [0.4, 0.5) is 0 Å². The van der Waals surface area contributed by atoms with Crippen LogP contribution in [0.15, 0.2) is 18.2 Å². The number of para-hydroxylation sites is 1. The molecular formula is C21H32ClN3O4. The standard InChI is InChI=1S/C21H31N3O4.ClH/c1-27-18-5-3-4-17(20(18)28-2)21(26)24-14-12-23(13-15-24)19(25)7-6-16-8-10-22-11-9-16;/h3-5,16,22H,6-15H2,1-2H3;1H. The van der Waals surface area contributed by atoms with Gasteiger partial charge in [0.05, 0.1) is 19.8 Å². The summed E-state index contributed by atoms with van der Waals surface area (Å²) in [6.07, 6.45) is 3.92. The molecule has 29 heavy (non-hydrogen) atoms. The normalized spacial score (nSPS) is 17.4. The largest absolute Gasteiger partial charge is 0.493 e. The third kappa shape index (κ3) is 5.76. The lowest BCUT2D eigenvalue weighted by Crippen LogP contribution is -2.50. The summed E-state index contributed by atoms with van der Waals surface area (Å²) in [6, 6.07) is 5.31. The molecule has 0 unspecified atom stereocenters. The Morgan fingerprint density at radius 2 is 1.69 bits per heavy atom. The molecule has 0 spiro atoms. The molecule has 0 radical (unpaired) electrons. The molecule has 0 saturated carbocycles. The second-order valence-corrected chi connectivity index (χ2v) is 7.45. The number of benzene rings is 1. The smallest absolute Gasteiger partial charge is 0.257 e. The Kier molecular flexibility index (Phi) is 9.04. The molecule has 162 valence electrons. The Balaban J connectivity index is 0.00000300. The van der Waals surface area contributed by atoms with Gasteiger partial charge in [-0.2, -0.15) is 0 Å². The van der Waals surface area contributed by atoms with E-state index in [1.54, 1.807) is 30.2 Å². The van der Waals surface area contributed by atoms with Crippen molar-refractivity contribution in [2.24, 2.45) is 5.92 Å². The fraction of sp³-hybridized carbons (Fsp3) is 0.619. The molecule has 3 rings (SSSR count). The molecular weight excluding hydrogens is 394 g/mol. The zero-order chi connectivity index (χ0) is 19.9. The van der Waals surface area contributed by atoms with Crippen LogP contribution in [0.5, 0.6) is 11.5 Å². The molecule has 0 bridgehead atoms. The number of nitrogens with one attached hydrogen (secondary N) is 1. The highest BCUT2D eigenvalue weighted by atomic mass is 35.5. The molecule has 2 saturated heterocycles. The minimum atomic E-state index is -0.0856. The Labute approximate surface area is 179 Å². The highest BCUT2D eigenvalue weighted by Gasteiger charge is 2.27. The van der Waals surface area contributed by atoms with Crippen molar-refractivity contribution in [1.29, 1.82) is 0 Å². The second-order valence-electron chi connectivity index (χ2n) is 7.45. The van der Waals surface area contributed by atoms with Crippen LogP contribution in [0.3, 0.4) is 0 Å². The maximum atomic E-state index is 12.9. The van der Waals surface area contributed by atoms with Gasteiger partial charge >= 0.3 is 0 Å². The molecule has 1 aromatic carbocycles. The molecule has 2 heterocycles. The van der Waals surface area contributed by atoms with Crippen molar-refractivity contribution in [2.45, 2.75) is 25.7 Å². The maximum absolute atomic E-state index is 12.9. The average Bonchev–Trinajstić information content (AvgIpc) is 2.77. The minimum Gasteiger partial charge on any atom is -0.493 e. The van der Waals surface area contributed by atoms with Gasteiger partial charge in [0.2, 0.25) is 5.91 Å². The van der Waals surface area contributed by atoms with Crippen LogP contribution in [0.25, 0.3) is 0 Å². The Morgan fingerprint density at radius 3 is 2.31 bits per heavy atom. The summed E-state index contributed by atoms with van der Waals surface area (Å²) in [6.45, 7) is 4.38. The van der Waals surface area contributed by atoms with E-state index in [9.17, 15) is 9.59 Å². The van der Waals surface area contributed by atoms with Crippen LogP contribution < -0.4 is 14.8 Å². The predicted molar refractivity (Wildman–Crippen MR) is 114 cm³/mol. The van der Waals surface area contributed by atoms with Crippen molar-refractivity contribution >= 4 is 24.2 Å². The zero-order valence-electron chi connectivity index (χ0n) is 17.3. The molecule has 1 N–H and O–H groups in total. The van der Waals surface area contributed by atoms with Crippen molar-refractivity contribution in [2.75, 3.05) is 53.5 Å². The number of piperidine rings is 1. The SMILES string of the molecule is COc1cccc(C(=O)N2CCN(C(=O)CCC3CCNCC3)CC2)c1OC.Cl. The molecule has 2 aliphatic rings. The van der Waals surface area contributed by atoms with E-state index < -0.39 is 0 Å². The molecule has 8 heteroatoms. The molecule has 2 aliphatic heterocycles. The number of hydrogen-bond acceptors (Lipinski definition) is 5. The van der Waals surface area contributed by atoms with Crippen LogP contribution in [0.2, 0.25) is 0 Å². The monoisotopic (exact) mass is 425 g/mol. The summed E-state index contributed by atoms with van der Waals surface area (Å²) in [4.78, 5) is 29.2. The van der Waals surface area contributed by atoms with Crippen molar-refractivity contribution in [3.05, 3.63) is 23.8 Å². The van der Waals surface area contributed by atoms with E-state index in [-0.39, 0.29) is 24.2 Å². The summed E-state index contributed by atoms with van der Waals surface area (Å²) in [5.41, 5.74) is 0.493. The lowest BCUT2D eigenvalue weighted by Gasteiger charge is -2.35. The van der Waals surface area contributed by atoms with Gasteiger partial charge < -0.3 is 24.6 Å². The van der Waals surface area contributed by atoms with E-state index in [2.05, 4.69) is 5.32 Å². The summed E-state index contributed by atoms with van der Waals surface area (Å²) in [7, 11) is 3.09. The molecule has 2 fully saturated rings. The minimum absolute atomic E-state index is 0. The highest BCUT2D eigenvalue weighted by Crippen LogP contribution is 2.31. The van der Waals surface area contributed by atoms with Crippen LogP contribution in [0.1, 0.15) is 36.0 Å². The summed E-state index contributed by atoms with van der Waals surface area (Å²) in [5.74, 6) is 1.78. The number of piperazine rings is 1. The van der Waals surface area contributed by atoms with Crippen LogP contribution in [-0.4, -0.2) is 75.1 Å². The Bertz CT molecular complexity index is 687. The number of nitrogens with zero attached hydrogens (tertiary/aromatic N) is 2. The average molecular weight is 426 g/mol. The predicted octanol–water partition coefficient (Wildman–Crippen LogP) is 2.19. The first-order valence-corrected chi connectivity index (χ1v) is 10.1. The molecule has 0 aromatic heterocycles. The van der Waals surface area contributed by atoms with E-state index in [1.165, 1.54) is 7.11 Å². The Morgan fingerprint density at radius 1 is 1.03 bits per heavy atom. The van der Waals surface area contributed by atoms with Gasteiger partial charge in [-0.15, -0.1) is 12.4 Å². The first-order chi connectivity index (χ1) is 13.6. The topological polar surface area (TPSA) is 71.1 Å². The second kappa shape index (κ2) is 11.3. The molecule has 1 aromatic rings. The van der Waals surface area contributed by atoms with Crippen molar-refractivity contribution in [1.82, 2.24) is 15.1 Å². The van der Waals surface area contributed by atoms with Gasteiger partial charge in [0.1, 0.15) is 0 Å². The maximum Gasteiger partial charge on any atom is 0.257 e. The van der Waals surface area contributed by atoms with Crippen LogP contribution in [-0.2, 0) is 4.79 Å². The van der Waals surface area contributed by atoms with Crippen molar-refractivity contribution in [3.8, 4) is 11.5 Å². The fourth-order valence-corrected chi connectivity index (χ4v) is 4.04. The van der Waals surface area contributed by atoms with Gasteiger partial charge in [0.15, 0.2) is 11.5 Å². The molecule has 0 aliphatic carbocycles. The van der Waals surface area contributed by atoms with E-state index in [0.29, 0.717) is 55.6 Å². The van der Waals surface area contributed by atoms with E-state index in [4.69, 9.17) is 9.47 Å². The number of rotatable bonds is 6. The lowest BCUT2D eigenvalue weighted by molar-refractivity contribution is -0.133. The molecule has 7 nitrogen and oxygen atoms in total. The number of ether oxygens (including phenoxy) is 2. The van der Waals surface area contributed by atoms with Gasteiger partial charge in [-0.1, -0.05) is 6.07 Å². The molecule has 0 atom stereocenters. The lowest BCUT2D eigenvalue weighted by atomic mass is 9.93. The quantitative estimate of drug-likeness (QED) is 0.756. The first kappa shape index (κ1) is 23.3. The van der Waals surface area contributed by atoms with Crippen molar-refractivity contribution in [3.63, 3.8) is 0 Å². The summed E-state index contributed by atoms with van der Waals surface area (Å²) >= 11 is 0. The van der Waals surface area contributed by atoms with Gasteiger partial charge in [-0.25, -0.2) is 0 Å². The molecule has 2 amide bonds. The van der Waals surface area contributed by atoms with Gasteiger partial charge in [0, 0.05) is 32.6 Å². The number of carbonyl (C=O) groups is 2. The number of methoxy groups -OCH3 is 2. The fourth-order valence-electron chi connectivity index (χ4n) is 4.04. The number of carbonyl (C=O) groups excluding carboxylic acids is 2. The number of hydrogen-bond donors (Lipinski definition) is 1. The van der Waals surface area contributed by atoms with Crippen LogP contribution >= 0.6 is 12.4 Å². The van der Waals surface area contributed by atoms with Gasteiger partial charge in [0.25, 0.3) is 5.91 Å². The first-order valence-electron chi connectivity index (χ1n) is 10.1. The third-order valence-electron chi connectivity index (χ3n) is 5.78. The zero-order valence-corrected chi connectivity index (χ0v) is 18.1. The highest BCUT2D eigenvalue weighted by molar-refractivity contribution is 5.98. The van der Waals surface area contributed by atoms with E-state index >= 15 is 0 Å². The van der Waals surface area contributed by atoms with E-state index in [0.717, 1.165) is 32.4 Å². The van der Waals surface area contributed by atoms with E-state index in [1.807, 2.05) is 4.90 Å². The summed E-state index contributed by atoms with van der Waals surface area (Å²) in [5, 5.41) is 3.36. The van der Waals surface area contributed by atoms with Gasteiger partial charge in [-0.05, 0) is 50.4 Å². The van der Waals surface area contributed by atoms with Crippen molar-refractivity contribution < 1.29 is 19.1 Å². The third-order valence-corrected chi connectivity index (χ3v) is 5.78. The van der Waals surface area contributed by atoms with Gasteiger partial charge in [-0.3, -0.25) is 9.59 Å². The Hall–Kier alpha value is -1.99. The number of halogens is 1.